The van der Waals surface area contributed by atoms with Crippen LogP contribution in [-0.4, -0.2) is 35.1 Å². The number of halogens is 1. The number of hydrogen-bond acceptors (Lipinski definition) is 4. The summed E-state index contributed by atoms with van der Waals surface area (Å²) in [5, 5.41) is 11.6. The molecule has 4 nitrogen and oxygen atoms in total. The summed E-state index contributed by atoms with van der Waals surface area (Å²) in [7, 11) is 1.66. The van der Waals surface area contributed by atoms with Gasteiger partial charge in [-0.15, -0.1) is 0 Å². The first kappa shape index (κ1) is 17.4. The molecule has 1 saturated heterocycles. The zero-order valence-electron chi connectivity index (χ0n) is 14.9. The molecular weight excluding hydrogens is 392 g/mol. The number of methoxy groups -OCH3 is 1. The van der Waals surface area contributed by atoms with Crippen LogP contribution in [0.15, 0.2) is 64.9 Å². The summed E-state index contributed by atoms with van der Waals surface area (Å²) < 4.78 is 6.34. The molecule has 0 radical (unpaired) electrons. The summed E-state index contributed by atoms with van der Waals surface area (Å²) >= 11 is 3.49. The molecule has 5 heteroatoms. The normalized spacial score (nSPS) is 22.2. The molecule has 4 rings (SSSR count). The number of hydrogen-bond donors (Lipinski definition) is 1. The molecule has 0 aromatic heterocycles. The highest BCUT2D eigenvalue weighted by atomic mass is 79.9. The van der Waals surface area contributed by atoms with Gasteiger partial charge in [0.1, 0.15) is 11.6 Å². The molecule has 136 valence electrons. The fraction of sp³-hybridized carbons (Fsp3) is 0.333. The lowest BCUT2D eigenvalue weighted by atomic mass is 10.0. The van der Waals surface area contributed by atoms with E-state index in [0.29, 0.717) is 6.54 Å². The highest BCUT2D eigenvalue weighted by Crippen LogP contribution is 2.41. The Morgan fingerprint density at radius 2 is 1.85 bits per heavy atom. The molecular formula is C21H23BrN2O2. The van der Waals surface area contributed by atoms with E-state index in [1.54, 1.807) is 7.11 Å². The molecule has 1 unspecified atom stereocenters. The van der Waals surface area contributed by atoms with E-state index >= 15 is 0 Å². The first-order chi connectivity index (χ1) is 12.6. The average Bonchev–Trinajstić information content (AvgIpc) is 2.97. The molecule has 1 fully saturated rings. The van der Waals surface area contributed by atoms with Crippen molar-refractivity contribution >= 4 is 15.9 Å². The van der Waals surface area contributed by atoms with Gasteiger partial charge in [-0.2, -0.15) is 0 Å². The van der Waals surface area contributed by atoms with E-state index in [2.05, 4.69) is 56.1 Å². The van der Waals surface area contributed by atoms with E-state index in [-0.39, 0.29) is 0 Å². The van der Waals surface area contributed by atoms with Crippen molar-refractivity contribution in [3.05, 3.63) is 76.0 Å². The highest BCUT2D eigenvalue weighted by Gasteiger charge is 2.47. The number of aliphatic hydroxyl groups is 1. The van der Waals surface area contributed by atoms with Crippen LogP contribution in [-0.2, 0) is 12.3 Å². The Morgan fingerprint density at radius 1 is 1.12 bits per heavy atom. The average molecular weight is 415 g/mol. The van der Waals surface area contributed by atoms with Gasteiger partial charge in [0, 0.05) is 23.1 Å². The standard InChI is InChI=1S/C21H23BrN2O2/c1-26-19-11-7-17(8-12-19)21(25)15-23(20-4-2-3-13-24(20)21)14-16-5-9-18(22)10-6-16/h4-12,25H,2-3,13-15H2,1H3. The number of ether oxygens (including phenoxy) is 1. The van der Waals surface area contributed by atoms with Crippen LogP contribution in [0.25, 0.3) is 0 Å². The summed E-state index contributed by atoms with van der Waals surface area (Å²) in [6, 6.07) is 16.1. The number of rotatable bonds is 4. The van der Waals surface area contributed by atoms with Gasteiger partial charge in [0.15, 0.2) is 5.72 Å². The number of fused-ring (bicyclic) bond motifs is 1. The van der Waals surface area contributed by atoms with Crippen LogP contribution in [0.2, 0.25) is 0 Å². The Hall–Kier alpha value is -1.98. The molecule has 0 spiro atoms. The molecule has 1 atom stereocenters. The van der Waals surface area contributed by atoms with Crippen LogP contribution in [0.4, 0.5) is 0 Å². The van der Waals surface area contributed by atoms with Gasteiger partial charge >= 0.3 is 0 Å². The van der Waals surface area contributed by atoms with E-state index in [9.17, 15) is 5.11 Å². The van der Waals surface area contributed by atoms with Gasteiger partial charge in [-0.25, -0.2) is 0 Å². The van der Waals surface area contributed by atoms with Crippen LogP contribution in [0.3, 0.4) is 0 Å². The minimum absolute atomic E-state index is 0.557. The van der Waals surface area contributed by atoms with Crippen LogP contribution in [0.5, 0.6) is 5.75 Å². The summed E-state index contributed by atoms with van der Waals surface area (Å²) in [6.45, 7) is 2.21. The van der Waals surface area contributed by atoms with Gasteiger partial charge in [0.25, 0.3) is 0 Å². The second-order valence-corrected chi connectivity index (χ2v) is 7.80. The maximum Gasteiger partial charge on any atom is 0.183 e. The molecule has 2 heterocycles. The largest absolute Gasteiger partial charge is 0.497 e. The minimum atomic E-state index is -1.01. The third-order valence-electron chi connectivity index (χ3n) is 5.21. The van der Waals surface area contributed by atoms with E-state index in [1.165, 1.54) is 5.56 Å². The number of benzene rings is 2. The van der Waals surface area contributed by atoms with Crippen molar-refractivity contribution in [2.75, 3.05) is 20.2 Å². The Kier molecular flexibility index (Phi) is 4.67. The van der Waals surface area contributed by atoms with Crippen LogP contribution in [0.1, 0.15) is 24.0 Å². The second-order valence-electron chi connectivity index (χ2n) is 6.88. The van der Waals surface area contributed by atoms with Gasteiger partial charge < -0.3 is 19.6 Å². The highest BCUT2D eigenvalue weighted by molar-refractivity contribution is 9.10. The molecule has 2 aromatic rings. The number of β-amino-alcohol motifs (C(OH)–C–C–N with tert-alkyl or cyclic N) is 1. The maximum atomic E-state index is 11.6. The zero-order chi connectivity index (χ0) is 18.1. The Balaban J connectivity index is 1.64. The first-order valence-electron chi connectivity index (χ1n) is 8.94. The second kappa shape index (κ2) is 6.97. The summed E-state index contributed by atoms with van der Waals surface area (Å²) in [6.07, 6.45) is 4.37. The predicted octanol–water partition coefficient (Wildman–Crippen LogP) is 4.06. The van der Waals surface area contributed by atoms with E-state index in [1.807, 2.05) is 24.3 Å². The molecule has 26 heavy (non-hydrogen) atoms. The lowest BCUT2D eigenvalue weighted by Crippen LogP contribution is -2.43. The van der Waals surface area contributed by atoms with Crippen molar-refractivity contribution in [3.8, 4) is 5.75 Å². The zero-order valence-corrected chi connectivity index (χ0v) is 16.4. The maximum absolute atomic E-state index is 11.6. The topological polar surface area (TPSA) is 35.9 Å². The van der Waals surface area contributed by atoms with Gasteiger partial charge in [0.05, 0.1) is 13.7 Å². The molecule has 2 aliphatic rings. The fourth-order valence-corrected chi connectivity index (χ4v) is 4.13. The van der Waals surface area contributed by atoms with Gasteiger partial charge in [-0.1, -0.05) is 40.2 Å². The molecule has 0 saturated carbocycles. The molecule has 2 aromatic carbocycles. The van der Waals surface area contributed by atoms with E-state index < -0.39 is 5.72 Å². The van der Waals surface area contributed by atoms with Crippen molar-refractivity contribution in [2.24, 2.45) is 0 Å². The third kappa shape index (κ3) is 3.10. The summed E-state index contributed by atoms with van der Waals surface area (Å²) in [4.78, 5) is 4.43. The molecule has 1 N–H and O–H groups in total. The Bertz CT molecular complexity index is 804. The predicted molar refractivity (Wildman–Crippen MR) is 105 cm³/mol. The van der Waals surface area contributed by atoms with Crippen molar-refractivity contribution in [3.63, 3.8) is 0 Å². The quantitative estimate of drug-likeness (QED) is 0.818. The summed E-state index contributed by atoms with van der Waals surface area (Å²) in [5.41, 5.74) is 1.14. The lowest BCUT2D eigenvalue weighted by Gasteiger charge is -2.36. The monoisotopic (exact) mass is 414 g/mol. The minimum Gasteiger partial charge on any atom is -0.497 e. The molecule has 0 bridgehead atoms. The van der Waals surface area contributed by atoms with Gasteiger partial charge in [0.2, 0.25) is 0 Å². The third-order valence-corrected chi connectivity index (χ3v) is 5.74. The van der Waals surface area contributed by atoms with E-state index in [0.717, 1.165) is 47.5 Å². The number of nitrogens with zero attached hydrogens (tertiary/aromatic N) is 2. The molecule has 0 aliphatic carbocycles. The molecule has 2 aliphatic heterocycles. The van der Waals surface area contributed by atoms with Crippen molar-refractivity contribution in [2.45, 2.75) is 25.1 Å². The SMILES string of the molecule is COc1ccc(C2(O)CN(Cc3ccc(Br)cc3)C3=CCCCN32)cc1. The van der Waals surface area contributed by atoms with Crippen molar-refractivity contribution < 1.29 is 9.84 Å². The lowest BCUT2D eigenvalue weighted by molar-refractivity contribution is -0.0698. The van der Waals surface area contributed by atoms with Crippen LogP contribution in [0, 0.1) is 0 Å². The Morgan fingerprint density at radius 3 is 2.54 bits per heavy atom. The van der Waals surface area contributed by atoms with E-state index in [4.69, 9.17) is 4.74 Å². The summed E-state index contributed by atoms with van der Waals surface area (Å²) in [5.74, 6) is 1.94. The smallest absolute Gasteiger partial charge is 0.183 e. The van der Waals surface area contributed by atoms with Crippen molar-refractivity contribution in [1.82, 2.24) is 9.80 Å². The van der Waals surface area contributed by atoms with Crippen LogP contribution < -0.4 is 4.74 Å². The van der Waals surface area contributed by atoms with Gasteiger partial charge in [-0.3, -0.25) is 0 Å². The number of allylic oxidation sites excluding steroid dienone is 1. The van der Waals surface area contributed by atoms with Crippen LogP contribution >= 0.6 is 15.9 Å². The van der Waals surface area contributed by atoms with Crippen molar-refractivity contribution in [1.29, 1.82) is 0 Å². The first-order valence-corrected chi connectivity index (χ1v) is 9.73. The molecule has 0 amide bonds. The fourth-order valence-electron chi connectivity index (χ4n) is 3.86. The van der Waals surface area contributed by atoms with Gasteiger partial charge in [-0.05, 0) is 48.7 Å². The Labute approximate surface area is 162 Å².